The second kappa shape index (κ2) is 7.11. The summed E-state index contributed by atoms with van der Waals surface area (Å²) in [4.78, 5) is 25.1. The number of nitrogens with zero attached hydrogens (tertiary/aromatic N) is 1. The largest absolute Gasteiger partial charge is 0.481 e. The molecule has 6 nitrogen and oxygen atoms in total. The first-order valence-corrected chi connectivity index (χ1v) is 7.91. The molecule has 6 heteroatoms. The fraction of sp³-hybridized carbons (Fsp3) is 0.867. The molecule has 1 unspecified atom stereocenters. The molecular formula is C15H26N2O4. The molecule has 2 aliphatic rings. The Kier molecular flexibility index (Phi) is 5.45. The third-order valence-electron chi connectivity index (χ3n) is 4.40. The minimum absolute atomic E-state index is 0.177. The van der Waals surface area contributed by atoms with E-state index >= 15 is 0 Å². The highest BCUT2D eigenvalue weighted by Gasteiger charge is 2.45. The van der Waals surface area contributed by atoms with Crippen molar-refractivity contribution >= 4 is 12.0 Å². The zero-order valence-corrected chi connectivity index (χ0v) is 12.8. The number of rotatable bonds is 8. The highest BCUT2D eigenvalue weighted by Crippen LogP contribution is 2.35. The molecule has 0 aromatic heterocycles. The van der Waals surface area contributed by atoms with Gasteiger partial charge in [-0.15, -0.1) is 0 Å². The summed E-state index contributed by atoms with van der Waals surface area (Å²) in [6, 6.07) is -0.177. The summed E-state index contributed by atoms with van der Waals surface area (Å²) in [5.74, 6) is -0.0584. The van der Waals surface area contributed by atoms with Crippen molar-refractivity contribution in [3.63, 3.8) is 0 Å². The van der Waals surface area contributed by atoms with E-state index in [-0.39, 0.29) is 6.03 Å². The Morgan fingerprint density at radius 1 is 1.43 bits per heavy atom. The lowest BCUT2D eigenvalue weighted by molar-refractivity contribution is -0.148. The fourth-order valence-corrected chi connectivity index (χ4v) is 2.89. The van der Waals surface area contributed by atoms with Crippen LogP contribution in [0.1, 0.15) is 39.0 Å². The number of carboxylic acid groups (broad SMARTS) is 1. The van der Waals surface area contributed by atoms with Gasteiger partial charge >= 0.3 is 12.0 Å². The van der Waals surface area contributed by atoms with Gasteiger partial charge in [-0.1, -0.05) is 13.3 Å². The molecule has 0 bridgehead atoms. The monoisotopic (exact) mass is 298 g/mol. The molecule has 21 heavy (non-hydrogen) atoms. The van der Waals surface area contributed by atoms with Crippen molar-refractivity contribution in [3.05, 3.63) is 0 Å². The first-order chi connectivity index (χ1) is 10.1. The van der Waals surface area contributed by atoms with Gasteiger partial charge in [-0.2, -0.15) is 0 Å². The van der Waals surface area contributed by atoms with E-state index in [1.54, 1.807) is 4.90 Å². The van der Waals surface area contributed by atoms with Crippen LogP contribution in [0, 0.1) is 11.3 Å². The van der Waals surface area contributed by atoms with Crippen LogP contribution in [-0.4, -0.2) is 54.9 Å². The second-order valence-corrected chi connectivity index (χ2v) is 6.26. The average molecular weight is 298 g/mol. The van der Waals surface area contributed by atoms with Crippen LogP contribution in [-0.2, 0) is 9.53 Å². The van der Waals surface area contributed by atoms with Crippen molar-refractivity contribution in [2.75, 3.05) is 32.8 Å². The standard InChI is InChI=1S/C15H26N2O4/c1-2-5-15(13(18)19)6-8-17(11-15)14(20)16-7-9-21-10-12-3-4-12/h12H,2-11H2,1H3,(H,16,20)(H,18,19). The number of aliphatic carboxylic acids is 1. The van der Waals surface area contributed by atoms with Gasteiger partial charge in [0.2, 0.25) is 0 Å². The molecule has 0 aromatic carbocycles. The smallest absolute Gasteiger partial charge is 0.317 e. The van der Waals surface area contributed by atoms with Crippen molar-refractivity contribution in [2.45, 2.75) is 39.0 Å². The van der Waals surface area contributed by atoms with Crippen LogP contribution < -0.4 is 5.32 Å². The Morgan fingerprint density at radius 2 is 2.19 bits per heavy atom. The molecule has 2 amide bonds. The summed E-state index contributed by atoms with van der Waals surface area (Å²) in [7, 11) is 0. The van der Waals surface area contributed by atoms with E-state index in [2.05, 4.69) is 5.32 Å². The highest BCUT2D eigenvalue weighted by atomic mass is 16.5. The fourth-order valence-electron chi connectivity index (χ4n) is 2.89. The van der Waals surface area contributed by atoms with Crippen LogP contribution >= 0.6 is 0 Å². The maximum Gasteiger partial charge on any atom is 0.317 e. The number of carbonyl (C=O) groups excluding carboxylic acids is 1. The van der Waals surface area contributed by atoms with Crippen molar-refractivity contribution < 1.29 is 19.4 Å². The number of likely N-dealkylation sites (tertiary alicyclic amines) is 1. The Bertz CT molecular complexity index is 384. The molecule has 2 rings (SSSR count). The summed E-state index contributed by atoms with van der Waals surface area (Å²) in [5.41, 5.74) is -0.755. The number of ether oxygens (including phenoxy) is 1. The van der Waals surface area contributed by atoms with Crippen LogP contribution in [0.4, 0.5) is 4.79 Å². The zero-order valence-electron chi connectivity index (χ0n) is 12.8. The predicted molar refractivity (Wildman–Crippen MR) is 78.1 cm³/mol. The quantitative estimate of drug-likeness (QED) is 0.669. The van der Waals surface area contributed by atoms with Crippen molar-refractivity contribution in [1.29, 1.82) is 0 Å². The Morgan fingerprint density at radius 3 is 2.81 bits per heavy atom. The van der Waals surface area contributed by atoms with Crippen molar-refractivity contribution in [3.8, 4) is 0 Å². The first-order valence-electron chi connectivity index (χ1n) is 7.91. The van der Waals surface area contributed by atoms with Gasteiger partial charge in [0.1, 0.15) is 0 Å². The minimum atomic E-state index is -0.785. The van der Waals surface area contributed by atoms with Crippen LogP contribution in [0.2, 0.25) is 0 Å². The molecule has 0 radical (unpaired) electrons. The number of urea groups is 1. The van der Waals surface area contributed by atoms with Gasteiger partial charge in [0.25, 0.3) is 0 Å². The molecule has 1 aliphatic heterocycles. The molecular weight excluding hydrogens is 272 g/mol. The molecule has 1 atom stereocenters. The molecule has 1 heterocycles. The van der Waals surface area contributed by atoms with E-state index < -0.39 is 11.4 Å². The van der Waals surface area contributed by atoms with Crippen LogP contribution in [0.3, 0.4) is 0 Å². The summed E-state index contributed by atoms with van der Waals surface area (Å²) in [5, 5.41) is 12.2. The third-order valence-corrected chi connectivity index (χ3v) is 4.40. The second-order valence-electron chi connectivity index (χ2n) is 6.26. The first kappa shape index (κ1) is 16.1. The lowest BCUT2D eigenvalue weighted by Crippen LogP contribution is -2.42. The number of nitrogens with one attached hydrogen (secondary N) is 1. The van der Waals surface area contributed by atoms with E-state index in [9.17, 15) is 14.7 Å². The maximum absolute atomic E-state index is 12.0. The van der Waals surface area contributed by atoms with Gasteiger partial charge in [-0.25, -0.2) is 4.79 Å². The zero-order chi connectivity index (χ0) is 15.3. The Hall–Kier alpha value is -1.30. The van der Waals surface area contributed by atoms with Gasteiger partial charge in [0.05, 0.1) is 12.0 Å². The van der Waals surface area contributed by atoms with Crippen molar-refractivity contribution in [2.24, 2.45) is 11.3 Å². The van der Waals surface area contributed by atoms with Crippen LogP contribution in [0.5, 0.6) is 0 Å². The van der Waals surface area contributed by atoms with E-state index in [1.165, 1.54) is 12.8 Å². The normalized spacial score (nSPS) is 25.1. The van der Waals surface area contributed by atoms with Gasteiger partial charge in [0.15, 0.2) is 0 Å². The van der Waals surface area contributed by atoms with Gasteiger partial charge in [-0.05, 0) is 31.6 Å². The summed E-state index contributed by atoms with van der Waals surface area (Å²) in [6.07, 6.45) is 4.50. The third kappa shape index (κ3) is 4.33. The number of hydrogen-bond donors (Lipinski definition) is 2. The Balaban J connectivity index is 1.69. The van der Waals surface area contributed by atoms with E-state index in [1.807, 2.05) is 6.92 Å². The SMILES string of the molecule is CCCC1(C(=O)O)CCN(C(=O)NCCOCC2CC2)C1. The van der Waals surface area contributed by atoms with Gasteiger partial charge in [0, 0.05) is 26.2 Å². The van der Waals surface area contributed by atoms with Crippen LogP contribution in [0.25, 0.3) is 0 Å². The molecule has 2 N–H and O–H groups in total. The lowest BCUT2D eigenvalue weighted by Gasteiger charge is -2.24. The molecule has 1 aliphatic carbocycles. The molecule has 0 aromatic rings. The molecule has 1 saturated carbocycles. The summed E-state index contributed by atoms with van der Waals surface area (Å²) >= 11 is 0. The molecule has 120 valence electrons. The minimum Gasteiger partial charge on any atom is -0.481 e. The summed E-state index contributed by atoms with van der Waals surface area (Å²) < 4.78 is 5.46. The van der Waals surface area contributed by atoms with Gasteiger partial charge < -0.3 is 20.1 Å². The maximum atomic E-state index is 12.0. The number of carbonyl (C=O) groups is 2. The molecule has 1 saturated heterocycles. The number of hydrogen-bond acceptors (Lipinski definition) is 3. The molecule has 0 spiro atoms. The van der Waals surface area contributed by atoms with Gasteiger partial charge in [-0.3, -0.25) is 4.79 Å². The lowest BCUT2D eigenvalue weighted by atomic mass is 9.83. The molecule has 2 fully saturated rings. The average Bonchev–Trinajstić information content (AvgIpc) is 3.17. The Labute approximate surface area is 125 Å². The van der Waals surface area contributed by atoms with Crippen molar-refractivity contribution in [1.82, 2.24) is 10.2 Å². The number of amides is 2. The van der Waals surface area contributed by atoms with E-state index in [0.29, 0.717) is 39.1 Å². The highest BCUT2D eigenvalue weighted by molar-refractivity contribution is 5.79. The predicted octanol–water partition coefficient (Wildman–Crippen LogP) is 1.70. The number of carboxylic acids is 1. The van der Waals surface area contributed by atoms with E-state index in [4.69, 9.17) is 4.74 Å². The summed E-state index contributed by atoms with van der Waals surface area (Å²) in [6.45, 7) is 4.60. The van der Waals surface area contributed by atoms with E-state index in [0.717, 1.165) is 18.9 Å². The van der Waals surface area contributed by atoms with Crippen LogP contribution in [0.15, 0.2) is 0 Å². The topological polar surface area (TPSA) is 78.9 Å².